The highest BCUT2D eigenvalue weighted by Gasteiger charge is 2.33. The number of nitrogens with zero attached hydrogens (tertiary/aromatic N) is 1. The summed E-state index contributed by atoms with van der Waals surface area (Å²) in [6.45, 7) is 5.78. The first-order chi connectivity index (χ1) is 13.6. The van der Waals surface area contributed by atoms with Crippen LogP contribution in [-0.2, 0) is 37.2 Å². The molecule has 8 heteroatoms. The highest BCUT2D eigenvalue weighted by molar-refractivity contribution is 7.89. The third-order valence-corrected chi connectivity index (χ3v) is 7.25. The van der Waals surface area contributed by atoms with Crippen molar-refractivity contribution in [2.75, 3.05) is 19.7 Å². The van der Waals surface area contributed by atoms with E-state index in [1.165, 1.54) is 9.87 Å². The summed E-state index contributed by atoms with van der Waals surface area (Å²) in [5.41, 5.74) is 1.97. The van der Waals surface area contributed by atoms with Crippen molar-refractivity contribution in [2.45, 2.75) is 63.3 Å². The number of carbonyl (C=O) groups excluding carboxylic acids is 2. The molecule has 0 saturated carbocycles. The fraction of sp³-hybridized carbons (Fsp3) is 0.619. The van der Waals surface area contributed by atoms with Crippen molar-refractivity contribution in [1.82, 2.24) is 9.62 Å². The minimum atomic E-state index is -3.56. The summed E-state index contributed by atoms with van der Waals surface area (Å²) in [5.74, 6) is -1.17. The number of rotatable bonds is 5. The minimum absolute atomic E-state index is 0.271. The molecule has 0 unspecified atom stereocenters. The first-order valence-electron chi connectivity index (χ1n) is 10.2. The fourth-order valence-corrected chi connectivity index (χ4v) is 5.42. The van der Waals surface area contributed by atoms with Gasteiger partial charge in [0.1, 0.15) is 0 Å². The molecule has 1 aliphatic heterocycles. The Bertz CT molecular complexity index is 881. The molecule has 3 rings (SSSR count). The van der Waals surface area contributed by atoms with E-state index in [1.807, 2.05) is 26.8 Å². The third kappa shape index (κ3) is 5.36. The fourth-order valence-electron chi connectivity index (χ4n) is 3.90. The molecule has 1 amide bonds. The first kappa shape index (κ1) is 21.8. The van der Waals surface area contributed by atoms with Gasteiger partial charge in [0.2, 0.25) is 10.0 Å². The van der Waals surface area contributed by atoms with Crippen molar-refractivity contribution < 1.29 is 22.7 Å². The molecule has 1 saturated heterocycles. The third-order valence-electron chi connectivity index (χ3n) is 5.35. The van der Waals surface area contributed by atoms with Gasteiger partial charge in [-0.25, -0.2) is 8.42 Å². The van der Waals surface area contributed by atoms with E-state index in [4.69, 9.17) is 4.74 Å². The Labute approximate surface area is 172 Å². The summed E-state index contributed by atoms with van der Waals surface area (Å²) in [7, 11) is -3.56. The van der Waals surface area contributed by atoms with Crippen LogP contribution in [0.3, 0.4) is 0 Å². The molecule has 1 aromatic rings. The minimum Gasteiger partial charge on any atom is -0.455 e. The zero-order valence-electron chi connectivity index (χ0n) is 17.4. The van der Waals surface area contributed by atoms with Crippen molar-refractivity contribution in [3.63, 3.8) is 0 Å². The molecule has 0 radical (unpaired) electrons. The van der Waals surface area contributed by atoms with Gasteiger partial charge in [-0.2, -0.15) is 4.31 Å². The molecule has 160 valence electrons. The number of fused-ring (bicyclic) bond motifs is 1. The second kappa shape index (κ2) is 8.44. The lowest BCUT2D eigenvalue weighted by atomic mass is 9.98. The second-order valence-electron chi connectivity index (χ2n) is 8.87. The van der Waals surface area contributed by atoms with Crippen LogP contribution >= 0.6 is 0 Å². The monoisotopic (exact) mass is 422 g/mol. The van der Waals surface area contributed by atoms with Gasteiger partial charge in [-0.1, -0.05) is 6.07 Å². The molecule has 1 N–H and O–H groups in total. The van der Waals surface area contributed by atoms with Crippen LogP contribution in [0.1, 0.15) is 51.2 Å². The number of piperidine rings is 1. The number of benzene rings is 1. The average Bonchev–Trinajstić information content (AvgIpc) is 3.12. The van der Waals surface area contributed by atoms with Crippen molar-refractivity contribution in [3.05, 3.63) is 29.3 Å². The van der Waals surface area contributed by atoms with Crippen LogP contribution < -0.4 is 5.32 Å². The van der Waals surface area contributed by atoms with E-state index in [2.05, 4.69) is 5.32 Å². The Hall–Kier alpha value is -1.93. The number of esters is 1. The smallest absolute Gasteiger partial charge is 0.309 e. The highest BCUT2D eigenvalue weighted by atomic mass is 32.2. The topological polar surface area (TPSA) is 92.8 Å². The van der Waals surface area contributed by atoms with Crippen molar-refractivity contribution in [3.8, 4) is 0 Å². The highest BCUT2D eigenvalue weighted by Crippen LogP contribution is 2.28. The van der Waals surface area contributed by atoms with E-state index < -0.39 is 16.0 Å². The Balaban J connectivity index is 1.53. The van der Waals surface area contributed by atoms with Gasteiger partial charge in [-0.15, -0.1) is 0 Å². The lowest BCUT2D eigenvalue weighted by Crippen LogP contribution is -2.44. The quantitative estimate of drug-likeness (QED) is 0.733. The molecule has 29 heavy (non-hydrogen) atoms. The molecule has 1 fully saturated rings. The Kier molecular flexibility index (Phi) is 6.33. The lowest BCUT2D eigenvalue weighted by molar-refractivity contribution is -0.154. The Morgan fingerprint density at radius 2 is 1.79 bits per heavy atom. The summed E-state index contributed by atoms with van der Waals surface area (Å²) in [6, 6.07) is 5.40. The van der Waals surface area contributed by atoms with E-state index in [1.54, 1.807) is 12.1 Å². The molecule has 0 spiro atoms. The van der Waals surface area contributed by atoms with E-state index in [0.717, 1.165) is 24.8 Å². The van der Waals surface area contributed by atoms with E-state index in [9.17, 15) is 18.0 Å². The molecule has 0 aromatic heterocycles. The van der Waals surface area contributed by atoms with Gasteiger partial charge in [-0.3, -0.25) is 9.59 Å². The average molecular weight is 423 g/mol. The Morgan fingerprint density at radius 1 is 1.14 bits per heavy atom. The largest absolute Gasteiger partial charge is 0.455 e. The van der Waals surface area contributed by atoms with Crippen LogP contribution in [0.4, 0.5) is 0 Å². The SMILES string of the molecule is CC(C)(C)NC(=O)COC(=O)C1CCN(S(=O)(=O)c2ccc3c(c2)CCC3)CC1. The lowest BCUT2D eigenvalue weighted by Gasteiger charge is -2.30. The molecule has 0 atom stereocenters. The molecular weight excluding hydrogens is 392 g/mol. The number of ether oxygens (including phenoxy) is 1. The van der Waals surface area contributed by atoms with Crippen LogP contribution in [0.5, 0.6) is 0 Å². The number of carbonyl (C=O) groups is 2. The van der Waals surface area contributed by atoms with Crippen LogP contribution in [-0.4, -0.2) is 49.8 Å². The maximum Gasteiger partial charge on any atom is 0.309 e. The zero-order chi connectivity index (χ0) is 21.2. The van der Waals surface area contributed by atoms with Crippen LogP contribution in [0, 0.1) is 5.92 Å². The Morgan fingerprint density at radius 3 is 2.45 bits per heavy atom. The molecule has 7 nitrogen and oxygen atoms in total. The first-order valence-corrected chi connectivity index (χ1v) is 11.6. The molecule has 1 aliphatic carbocycles. The normalized spacial score (nSPS) is 18.3. The number of hydrogen-bond donors (Lipinski definition) is 1. The molecular formula is C21H30N2O5S. The predicted molar refractivity (Wildman–Crippen MR) is 109 cm³/mol. The number of sulfonamides is 1. The second-order valence-corrected chi connectivity index (χ2v) is 10.8. The summed E-state index contributed by atoms with van der Waals surface area (Å²) in [6.07, 6.45) is 3.79. The molecule has 2 aliphatic rings. The molecule has 1 aromatic carbocycles. The van der Waals surface area contributed by atoms with Crippen LogP contribution in [0.25, 0.3) is 0 Å². The van der Waals surface area contributed by atoms with Gasteiger partial charge in [0, 0.05) is 18.6 Å². The van der Waals surface area contributed by atoms with Gasteiger partial charge in [0.15, 0.2) is 6.61 Å². The van der Waals surface area contributed by atoms with E-state index >= 15 is 0 Å². The van der Waals surface area contributed by atoms with E-state index in [0.29, 0.717) is 17.7 Å². The van der Waals surface area contributed by atoms with Crippen molar-refractivity contribution >= 4 is 21.9 Å². The predicted octanol–water partition coefficient (Wildman–Crippen LogP) is 2.03. The van der Waals surface area contributed by atoms with Crippen LogP contribution in [0.2, 0.25) is 0 Å². The number of amides is 1. The molecule has 0 bridgehead atoms. The summed E-state index contributed by atoms with van der Waals surface area (Å²) in [4.78, 5) is 24.4. The van der Waals surface area contributed by atoms with Gasteiger partial charge in [0.05, 0.1) is 10.8 Å². The van der Waals surface area contributed by atoms with Crippen molar-refractivity contribution in [1.29, 1.82) is 0 Å². The van der Waals surface area contributed by atoms with E-state index in [-0.39, 0.29) is 37.1 Å². The molecule has 1 heterocycles. The maximum absolute atomic E-state index is 13.0. The van der Waals surface area contributed by atoms with Gasteiger partial charge >= 0.3 is 5.97 Å². The van der Waals surface area contributed by atoms with Gasteiger partial charge in [0.25, 0.3) is 5.91 Å². The van der Waals surface area contributed by atoms with Gasteiger partial charge < -0.3 is 10.1 Å². The number of aryl methyl sites for hydroxylation is 2. The summed E-state index contributed by atoms with van der Waals surface area (Å²) < 4.78 is 32.5. The van der Waals surface area contributed by atoms with Crippen molar-refractivity contribution in [2.24, 2.45) is 5.92 Å². The van der Waals surface area contributed by atoms with Crippen LogP contribution in [0.15, 0.2) is 23.1 Å². The van der Waals surface area contributed by atoms with Gasteiger partial charge in [-0.05, 0) is 76.1 Å². The number of nitrogens with one attached hydrogen (secondary N) is 1. The maximum atomic E-state index is 13.0. The standard InChI is InChI=1S/C21H30N2O5S/c1-21(2,3)22-19(24)14-28-20(25)16-9-11-23(12-10-16)29(26,27)18-8-7-15-5-4-6-17(15)13-18/h7-8,13,16H,4-6,9-12,14H2,1-3H3,(H,22,24). The number of hydrogen-bond acceptors (Lipinski definition) is 5. The zero-order valence-corrected chi connectivity index (χ0v) is 18.2. The summed E-state index contributed by atoms with van der Waals surface area (Å²) >= 11 is 0. The summed E-state index contributed by atoms with van der Waals surface area (Å²) in [5, 5.41) is 2.74.